The Hall–Kier alpha value is -4.15. The fourth-order valence-electron chi connectivity index (χ4n) is 5.02. The first-order chi connectivity index (χ1) is 22.2. The molecule has 1 N–H and O–H groups in total. The fraction of sp³-hybridized carbons (Fsp3) is 0.278. The number of anilines is 1. The Bertz CT molecular complexity index is 1670. The normalized spacial score (nSPS) is 11.8. The molecule has 0 aliphatic rings. The van der Waals surface area contributed by atoms with Crippen LogP contribution in [0.1, 0.15) is 37.8 Å². The molecule has 0 heterocycles. The van der Waals surface area contributed by atoms with Gasteiger partial charge in [0.1, 0.15) is 18.3 Å². The summed E-state index contributed by atoms with van der Waals surface area (Å²) in [5, 5.41) is 3.01. The molecule has 0 aliphatic heterocycles. The van der Waals surface area contributed by atoms with Crippen molar-refractivity contribution >= 4 is 43.5 Å². The number of amides is 2. The first-order valence-corrected chi connectivity index (χ1v) is 17.6. The van der Waals surface area contributed by atoms with Gasteiger partial charge >= 0.3 is 0 Å². The zero-order valence-electron chi connectivity index (χ0n) is 26.1. The number of hydrogen-bond acceptors (Lipinski definition) is 5. The van der Waals surface area contributed by atoms with Crippen LogP contribution >= 0.6 is 15.9 Å². The van der Waals surface area contributed by atoms with Gasteiger partial charge in [-0.15, -0.1) is 0 Å². The number of sulfonamides is 1. The van der Waals surface area contributed by atoms with E-state index in [1.807, 2.05) is 68.4 Å². The largest absolute Gasteiger partial charge is 0.494 e. The van der Waals surface area contributed by atoms with E-state index in [-0.39, 0.29) is 23.8 Å². The number of carbonyl (C=O) groups excluding carboxylic acids is 2. The summed E-state index contributed by atoms with van der Waals surface area (Å²) < 4.78 is 35.7. The molecule has 1 atom stereocenters. The Kier molecular flexibility index (Phi) is 12.8. The first kappa shape index (κ1) is 34.7. The Morgan fingerprint density at radius 1 is 0.848 bits per heavy atom. The van der Waals surface area contributed by atoms with E-state index in [0.717, 1.165) is 32.7 Å². The van der Waals surface area contributed by atoms with E-state index in [1.165, 1.54) is 17.0 Å². The third-order valence-electron chi connectivity index (χ3n) is 7.39. The smallest absolute Gasteiger partial charge is 0.264 e. The molecule has 0 spiro atoms. The van der Waals surface area contributed by atoms with E-state index in [4.69, 9.17) is 4.74 Å². The first-order valence-electron chi connectivity index (χ1n) is 15.4. The van der Waals surface area contributed by atoms with Crippen molar-refractivity contribution < 1.29 is 22.7 Å². The minimum absolute atomic E-state index is 0.0494. The summed E-state index contributed by atoms with van der Waals surface area (Å²) >= 11 is 3.51. The summed E-state index contributed by atoms with van der Waals surface area (Å²) in [5.74, 6) is -0.225. The van der Waals surface area contributed by atoms with Crippen molar-refractivity contribution in [1.82, 2.24) is 10.2 Å². The Morgan fingerprint density at radius 2 is 1.50 bits per heavy atom. The van der Waals surface area contributed by atoms with E-state index < -0.39 is 28.5 Å². The zero-order chi connectivity index (χ0) is 32.9. The lowest BCUT2D eigenvalue weighted by atomic mass is 10.0. The van der Waals surface area contributed by atoms with Gasteiger partial charge in [-0.2, -0.15) is 0 Å². The van der Waals surface area contributed by atoms with Gasteiger partial charge in [-0.1, -0.05) is 89.9 Å². The van der Waals surface area contributed by atoms with Gasteiger partial charge in [-0.05, 0) is 73.0 Å². The van der Waals surface area contributed by atoms with Crippen LogP contribution in [0.25, 0.3) is 0 Å². The molecule has 0 aliphatic carbocycles. The standard InChI is InChI=1S/C36H40BrN3O5S/c1-3-5-23-38-36(42)34(25-28-13-8-6-9-14-28)39(26-29-15-12-16-30(37)24-29)35(41)27-40(31-19-21-32(22-20-31)45-4-2)46(43,44)33-17-10-7-11-18-33/h6-22,24,34H,3-5,23,25-27H2,1-2H3,(H,38,42)/t34-/m1/s1. The highest BCUT2D eigenvalue weighted by Crippen LogP contribution is 2.27. The van der Waals surface area contributed by atoms with Gasteiger partial charge in [0.15, 0.2) is 0 Å². The molecule has 0 fully saturated rings. The molecule has 4 aromatic rings. The summed E-state index contributed by atoms with van der Waals surface area (Å²) in [7, 11) is -4.17. The summed E-state index contributed by atoms with van der Waals surface area (Å²) in [5.41, 5.74) is 1.97. The third-order valence-corrected chi connectivity index (χ3v) is 9.67. The van der Waals surface area contributed by atoms with E-state index in [9.17, 15) is 18.0 Å². The van der Waals surface area contributed by atoms with Crippen molar-refractivity contribution in [2.45, 2.75) is 50.6 Å². The van der Waals surface area contributed by atoms with E-state index in [0.29, 0.717) is 24.6 Å². The van der Waals surface area contributed by atoms with Crippen LogP contribution in [-0.2, 0) is 32.6 Å². The quantitative estimate of drug-likeness (QED) is 0.133. The molecule has 242 valence electrons. The topological polar surface area (TPSA) is 96.0 Å². The van der Waals surface area contributed by atoms with Gasteiger partial charge in [0.2, 0.25) is 11.8 Å². The average molecular weight is 707 g/mol. The van der Waals surface area contributed by atoms with E-state index in [1.54, 1.807) is 42.5 Å². The third kappa shape index (κ3) is 9.43. The van der Waals surface area contributed by atoms with Crippen molar-refractivity contribution in [1.29, 1.82) is 0 Å². The summed E-state index contributed by atoms with van der Waals surface area (Å²) in [6, 6.07) is 30.7. The molecule has 4 rings (SSSR count). The lowest BCUT2D eigenvalue weighted by Crippen LogP contribution is -2.53. The number of unbranched alkanes of at least 4 members (excludes halogenated alkanes) is 1. The number of carbonyl (C=O) groups is 2. The van der Waals surface area contributed by atoms with Crippen molar-refractivity contribution in [2.24, 2.45) is 0 Å². The number of hydrogen-bond donors (Lipinski definition) is 1. The monoisotopic (exact) mass is 705 g/mol. The number of nitrogens with one attached hydrogen (secondary N) is 1. The van der Waals surface area contributed by atoms with Crippen molar-refractivity contribution in [3.8, 4) is 5.75 Å². The van der Waals surface area contributed by atoms with Crippen molar-refractivity contribution in [2.75, 3.05) is 24.0 Å². The number of benzene rings is 4. The molecular formula is C36H40BrN3O5S. The summed E-state index contributed by atoms with van der Waals surface area (Å²) in [6.45, 7) is 4.41. The number of nitrogens with zero attached hydrogens (tertiary/aromatic N) is 2. The van der Waals surface area contributed by atoms with Crippen LogP contribution in [0.15, 0.2) is 119 Å². The number of rotatable bonds is 16. The molecule has 4 aromatic carbocycles. The van der Waals surface area contributed by atoms with Crippen molar-refractivity contribution in [3.05, 3.63) is 125 Å². The lowest BCUT2D eigenvalue weighted by molar-refractivity contribution is -0.140. The van der Waals surface area contributed by atoms with E-state index in [2.05, 4.69) is 21.2 Å². The highest BCUT2D eigenvalue weighted by Gasteiger charge is 2.34. The molecule has 46 heavy (non-hydrogen) atoms. The lowest BCUT2D eigenvalue weighted by Gasteiger charge is -2.34. The van der Waals surface area contributed by atoms with Gasteiger partial charge in [0.25, 0.3) is 10.0 Å². The Balaban J connectivity index is 1.78. The zero-order valence-corrected chi connectivity index (χ0v) is 28.5. The SMILES string of the molecule is CCCCNC(=O)[C@@H](Cc1ccccc1)N(Cc1cccc(Br)c1)C(=O)CN(c1ccc(OCC)cc1)S(=O)(=O)c1ccccc1. The summed E-state index contributed by atoms with van der Waals surface area (Å²) in [4.78, 5) is 29.9. The molecule has 0 aromatic heterocycles. The molecular weight excluding hydrogens is 666 g/mol. The molecule has 0 saturated heterocycles. The highest BCUT2D eigenvalue weighted by atomic mass is 79.9. The molecule has 2 amide bonds. The van der Waals surface area contributed by atoms with Gasteiger partial charge in [0.05, 0.1) is 17.2 Å². The molecule has 10 heteroatoms. The van der Waals surface area contributed by atoms with Crippen molar-refractivity contribution in [3.63, 3.8) is 0 Å². The minimum Gasteiger partial charge on any atom is -0.494 e. The summed E-state index contributed by atoms with van der Waals surface area (Å²) in [6.07, 6.45) is 1.95. The Morgan fingerprint density at radius 3 is 2.13 bits per heavy atom. The maximum Gasteiger partial charge on any atom is 0.264 e. The van der Waals surface area contributed by atoms with Crippen LogP contribution in [-0.4, -0.2) is 50.9 Å². The van der Waals surface area contributed by atoms with Crippen LogP contribution in [0.3, 0.4) is 0 Å². The van der Waals surface area contributed by atoms with Crippen LogP contribution in [0.5, 0.6) is 5.75 Å². The fourth-order valence-corrected chi connectivity index (χ4v) is 6.90. The molecule has 8 nitrogen and oxygen atoms in total. The molecule has 0 radical (unpaired) electrons. The second-order valence-electron chi connectivity index (χ2n) is 10.8. The van der Waals surface area contributed by atoms with Crippen LogP contribution in [0.2, 0.25) is 0 Å². The van der Waals surface area contributed by atoms with Gasteiger partial charge in [-0.25, -0.2) is 8.42 Å². The van der Waals surface area contributed by atoms with Gasteiger partial charge in [0, 0.05) is 24.0 Å². The molecule has 0 saturated carbocycles. The average Bonchev–Trinajstić information content (AvgIpc) is 3.06. The van der Waals surface area contributed by atoms with Crippen LogP contribution < -0.4 is 14.4 Å². The van der Waals surface area contributed by atoms with Crippen LogP contribution in [0, 0.1) is 0 Å². The predicted molar refractivity (Wildman–Crippen MR) is 185 cm³/mol. The minimum atomic E-state index is -4.17. The second-order valence-corrected chi connectivity index (χ2v) is 13.5. The highest BCUT2D eigenvalue weighted by molar-refractivity contribution is 9.10. The maximum atomic E-state index is 14.5. The second kappa shape index (κ2) is 17.0. The van der Waals surface area contributed by atoms with Crippen LogP contribution in [0.4, 0.5) is 5.69 Å². The van der Waals surface area contributed by atoms with Gasteiger partial charge in [-0.3, -0.25) is 13.9 Å². The number of ether oxygens (including phenoxy) is 1. The van der Waals surface area contributed by atoms with E-state index >= 15 is 0 Å². The molecule has 0 unspecified atom stereocenters. The number of halogens is 1. The predicted octanol–water partition coefficient (Wildman–Crippen LogP) is 6.60. The Labute approximate surface area is 280 Å². The molecule has 0 bridgehead atoms. The van der Waals surface area contributed by atoms with Gasteiger partial charge < -0.3 is 15.0 Å². The maximum absolute atomic E-state index is 14.5.